The summed E-state index contributed by atoms with van der Waals surface area (Å²) in [6, 6.07) is 4.56. The Morgan fingerprint density at radius 2 is 2.00 bits per heavy atom. The molecule has 0 saturated heterocycles. The number of nitrogens with zero attached hydrogens (tertiary/aromatic N) is 1. The molecule has 1 aromatic rings. The first kappa shape index (κ1) is 11.9. The Bertz CT molecular complexity index is 545. The van der Waals surface area contributed by atoms with Crippen LogP contribution in [-0.2, 0) is 0 Å². The highest BCUT2D eigenvalue weighted by molar-refractivity contribution is 9.10. The maximum Gasteiger partial charge on any atom is 0.262 e. The van der Waals surface area contributed by atoms with Gasteiger partial charge in [-0.05, 0) is 24.6 Å². The average molecular weight is 292 g/mol. The molecule has 86 valence electrons. The summed E-state index contributed by atoms with van der Waals surface area (Å²) in [6.07, 6.45) is 5.91. The van der Waals surface area contributed by atoms with E-state index >= 15 is 0 Å². The summed E-state index contributed by atoms with van der Waals surface area (Å²) in [5, 5.41) is 0. The first-order valence-corrected chi connectivity index (χ1v) is 6.03. The lowest BCUT2D eigenvalue weighted by molar-refractivity contribution is 0.0618. The first-order chi connectivity index (χ1) is 8.10. The highest BCUT2D eigenvalue weighted by atomic mass is 79.9. The molecule has 0 fully saturated rings. The number of hydrogen-bond acceptors (Lipinski definition) is 2. The van der Waals surface area contributed by atoms with E-state index in [1.165, 1.54) is 0 Å². The van der Waals surface area contributed by atoms with Crippen molar-refractivity contribution < 1.29 is 9.59 Å². The SMILES string of the molecule is C#CC(CC)N1C(=O)c2ccc(Br)cc2C1=O. The predicted molar refractivity (Wildman–Crippen MR) is 67.6 cm³/mol. The molecular weight excluding hydrogens is 282 g/mol. The lowest BCUT2D eigenvalue weighted by Crippen LogP contribution is -2.38. The Morgan fingerprint density at radius 1 is 1.35 bits per heavy atom. The number of fused-ring (bicyclic) bond motifs is 1. The van der Waals surface area contributed by atoms with Crippen LogP contribution in [0, 0.1) is 12.3 Å². The molecule has 0 bridgehead atoms. The highest BCUT2D eigenvalue weighted by Crippen LogP contribution is 2.27. The van der Waals surface area contributed by atoms with E-state index in [4.69, 9.17) is 6.42 Å². The van der Waals surface area contributed by atoms with E-state index in [0.717, 1.165) is 9.37 Å². The van der Waals surface area contributed by atoms with E-state index in [0.29, 0.717) is 17.5 Å². The number of amides is 2. The van der Waals surface area contributed by atoms with Crippen molar-refractivity contribution in [3.8, 4) is 12.3 Å². The maximum absolute atomic E-state index is 12.1. The monoisotopic (exact) mass is 291 g/mol. The van der Waals surface area contributed by atoms with Gasteiger partial charge in [-0.1, -0.05) is 28.8 Å². The molecule has 1 unspecified atom stereocenters. The molecule has 4 heteroatoms. The van der Waals surface area contributed by atoms with Crippen molar-refractivity contribution >= 4 is 27.7 Å². The van der Waals surface area contributed by atoms with Crippen molar-refractivity contribution in [1.82, 2.24) is 4.90 Å². The molecule has 1 aliphatic heterocycles. The summed E-state index contributed by atoms with van der Waals surface area (Å²) in [5.41, 5.74) is 0.838. The third kappa shape index (κ3) is 1.77. The molecule has 0 spiro atoms. The molecule has 1 atom stereocenters. The van der Waals surface area contributed by atoms with Crippen molar-refractivity contribution in [2.75, 3.05) is 0 Å². The Hall–Kier alpha value is -1.60. The second-order valence-corrected chi connectivity index (χ2v) is 4.68. The van der Waals surface area contributed by atoms with Crippen molar-refractivity contribution in [1.29, 1.82) is 0 Å². The highest BCUT2D eigenvalue weighted by Gasteiger charge is 2.38. The third-order valence-electron chi connectivity index (χ3n) is 2.77. The number of benzene rings is 1. The normalized spacial score (nSPS) is 15.7. The van der Waals surface area contributed by atoms with Gasteiger partial charge in [0.15, 0.2) is 0 Å². The predicted octanol–water partition coefficient (Wildman–Crippen LogP) is 2.46. The molecule has 2 rings (SSSR count). The van der Waals surface area contributed by atoms with Gasteiger partial charge in [-0.15, -0.1) is 6.42 Å². The van der Waals surface area contributed by atoms with Gasteiger partial charge in [-0.3, -0.25) is 14.5 Å². The standard InChI is InChI=1S/C13H10BrNO2/c1-3-9(4-2)15-12(16)10-6-5-8(14)7-11(10)13(15)17/h1,5-7,9H,4H2,2H3. The Kier molecular flexibility index (Phi) is 3.03. The van der Waals surface area contributed by atoms with E-state index in [2.05, 4.69) is 21.9 Å². The number of halogens is 1. The number of hydrogen-bond donors (Lipinski definition) is 0. The van der Waals surface area contributed by atoms with Crippen LogP contribution in [0.25, 0.3) is 0 Å². The van der Waals surface area contributed by atoms with Crippen LogP contribution >= 0.6 is 15.9 Å². The topological polar surface area (TPSA) is 37.4 Å². The van der Waals surface area contributed by atoms with Crippen LogP contribution in [0.1, 0.15) is 34.1 Å². The molecule has 1 aromatic carbocycles. The van der Waals surface area contributed by atoms with E-state index in [1.807, 2.05) is 6.92 Å². The van der Waals surface area contributed by atoms with Crippen molar-refractivity contribution in [2.24, 2.45) is 0 Å². The van der Waals surface area contributed by atoms with Crippen LogP contribution in [0.2, 0.25) is 0 Å². The minimum absolute atomic E-state index is 0.303. The van der Waals surface area contributed by atoms with Gasteiger partial charge in [0.1, 0.15) is 6.04 Å². The Morgan fingerprint density at radius 3 is 2.59 bits per heavy atom. The number of carbonyl (C=O) groups excluding carboxylic acids is 2. The van der Waals surface area contributed by atoms with Gasteiger partial charge in [0, 0.05) is 4.47 Å². The van der Waals surface area contributed by atoms with Crippen LogP contribution in [-0.4, -0.2) is 22.8 Å². The van der Waals surface area contributed by atoms with Crippen LogP contribution in [0.15, 0.2) is 22.7 Å². The van der Waals surface area contributed by atoms with Crippen molar-refractivity contribution in [2.45, 2.75) is 19.4 Å². The first-order valence-electron chi connectivity index (χ1n) is 5.23. The third-order valence-corrected chi connectivity index (χ3v) is 3.26. The minimum Gasteiger partial charge on any atom is -0.269 e. The van der Waals surface area contributed by atoms with Gasteiger partial charge in [-0.2, -0.15) is 0 Å². The summed E-state index contributed by atoms with van der Waals surface area (Å²) in [5.74, 6) is 1.86. The van der Waals surface area contributed by atoms with E-state index in [9.17, 15) is 9.59 Å². The molecule has 17 heavy (non-hydrogen) atoms. The summed E-state index contributed by atoms with van der Waals surface area (Å²) in [4.78, 5) is 25.3. The van der Waals surface area contributed by atoms with Gasteiger partial charge in [-0.25, -0.2) is 0 Å². The quantitative estimate of drug-likeness (QED) is 0.620. The number of imide groups is 1. The second-order valence-electron chi connectivity index (χ2n) is 3.76. The molecule has 0 radical (unpaired) electrons. The molecule has 2 amide bonds. The van der Waals surface area contributed by atoms with Crippen LogP contribution in [0.4, 0.5) is 0 Å². The fraction of sp³-hybridized carbons (Fsp3) is 0.231. The van der Waals surface area contributed by atoms with Gasteiger partial charge in [0.2, 0.25) is 0 Å². The van der Waals surface area contributed by atoms with Gasteiger partial charge in [0.05, 0.1) is 11.1 Å². The van der Waals surface area contributed by atoms with Gasteiger partial charge >= 0.3 is 0 Å². The fourth-order valence-corrected chi connectivity index (χ4v) is 2.25. The summed E-state index contributed by atoms with van der Waals surface area (Å²) in [7, 11) is 0. The summed E-state index contributed by atoms with van der Waals surface area (Å²) < 4.78 is 0.771. The number of terminal acetylenes is 1. The average Bonchev–Trinajstić information content (AvgIpc) is 2.56. The molecule has 3 nitrogen and oxygen atoms in total. The second kappa shape index (κ2) is 4.34. The lowest BCUT2D eigenvalue weighted by atomic mass is 10.1. The zero-order chi connectivity index (χ0) is 12.6. The van der Waals surface area contributed by atoms with Crippen molar-refractivity contribution in [3.63, 3.8) is 0 Å². The van der Waals surface area contributed by atoms with Gasteiger partial charge in [0.25, 0.3) is 11.8 Å². The maximum atomic E-state index is 12.1. The Labute approximate surface area is 108 Å². The fourth-order valence-electron chi connectivity index (χ4n) is 1.89. The zero-order valence-corrected chi connectivity index (χ0v) is 10.8. The number of carbonyl (C=O) groups is 2. The van der Waals surface area contributed by atoms with Gasteiger partial charge < -0.3 is 0 Å². The molecule has 0 N–H and O–H groups in total. The molecule has 0 aromatic heterocycles. The zero-order valence-electron chi connectivity index (χ0n) is 9.24. The minimum atomic E-state index is -0.471. The van der Waals surface area contributed by atoms with E-state index in [1.54, 1.807) is 18.2 Å². The Balaban J connectivity index is 2.50. The van der Waals surface area contributed by atoms with Crippen molar-refractivity contribution in [3.05, 3.63) is 33.8 Å². The molecule has 1 heterocycles. The van der Waals surface area contributed by atoms with E-state index < -0.39 is 6.04 Å². The smallest absolute Gasteiger partial charge is 0.262 e. The number of rotatable bonds is 2. The molecule has 0 saturated carbocycles. The molecule has 1 aliphatic rings. The molecule has 0 aliphatic carbocycles. The summed E-state index contributed by atoms with van der Waals surface area (Å²) >= 11 is 3.28. The van der Waals surface area contributed by atoms with Crippen LogP contribution in [0.5, 0.6) is 0 Å². The van der Waals surface area contributed by atoms with Crippen LogP contribution < -0.4 is 0 Å². The van der Waals surface area contributed by atoms with E-state index in [-0.39, 0.29) is 11.8 Å². The van der Waals surface area contributed by atoms with Crippen LogP contribution in [0.3, 0.4) is 0 Å². The molecular formula is C13H10BrNO2. The largest absolute Gasteiger partial charge is 0.269 e. The lowest BCUT2D eigenvalue weighted by Gasteiger charge is -2.19. The summed E-state index contributed by atoms with van der Waals surface area (Å²) in [6.45, 7) is 1.85.